The van der Waals surface area contributed by atoms with Gasteiger partial charge in [0.05, 0.1) is 3.79 Å². The molecular weight excluding hydrogens is 410 g/mol. The number of halogens is 2. The zero-order valence-corrected chi connectivity index (χ0v) is 16.4. The summed E-state index contributed by atoms with van der Waals surface area (Å²) >= 11 is 9.07. The molecule has 21 heavy (non-hydrogen) atoms. The van der Waals surface area contributed by atoms with E-state index in [-0.39, 0.29) is 0 Å². The fourth-order valence-electron chi connectivity index (χ4n) is 2.34. The summed E-state index contributed by atoms with van der Waals surface area (Å²) in [5.74, 6) is 0.608. The van der Waals surface area contributed by atoms with Crippen LogP contribution in [-0.2, 0) is 12.8 Å². The van der Waals surface area contributed by atoms with Crippen LogP contribution in [0.4, 0.5) is 0 Å². The maximum atomic E-state index is 3.67. The van der Waals surface area contributed by atoms with Gasteiger partial charge in [-0.25, -0.2) is 0 Å². The van der Waals surface area contributed by atoms with Crippen molar-refractivity contribution in [3.8, 4) is 0 Å². The van der Waals surface area contributed by atoms with Gasteiger partial charge < -0.3 is 5.32 Å². The quantitative estimate of drug-likeness (QED) is 0.596. The predicted molar refractivity (Wildman–Crippen MR) is 100 cm³/mol. The Kier molecular flexibility index (Phi) is 6.93. The summed E-state index contributed by atoms with van der Waals surface area (Å²) in [6.07, 6.45) is 2.22. The molecule has 1 heterocycles. The molecule has 4 heteroatoms. The maximum absolute atomic E-state index is 3.67. The molecule has 0 saturated heterocycles. The number of rotatable bonds is 7. The normalized spacial score (nSPS) is 12.8. The van der Waals surface area contributed by atoms with E-state index >= 15 is 0 Å². The van der Waals surface area contributed by atoms with Crippen molar-refractivity contribution in [1.82, 2.24) is 5.32 Å². The Bertz CT molecular complexity index is 565. The summed E-state index contributed by atoms with van der Waals surface area (Å²) in [4.78, 5) is 1.45. The minimum absolute atomic E-state index is 0.529. The van der Waals surface area contributed by atoms with Crippen molar-refractivity contribution in [3.05, 3.63) is 55.1 Å². The van der Waals surface area contributed by atoms with Crippen LogP contribution in [0.1, 0.15) is 24.3 Å². The van der Waals surface area contributed by atoms with Gasteiger partial charge in [-0.15, -0.1) is 11.3 Å². The number of benzene rings is 1. The molecule has 1 atom stereocenters. The smallest absolute Gasteiger partial charge is 0.0701 e. The Balaban J connectivity index is 2.06. The molecule has 0 fully saturated rings. The summed E-state index contributed by atoms with van der Waals surface area (Å²) in [5.41, 5.74) is 1.39. The van der Waals surface area contributed by atoms with Crippen molar-refractivity contribution < 1.29 is 0 Å². The second-order valence-electron chi connectivity index (χ2n) is 5.63. The van der Waals surface area contributed by atoms with Gasteiger partial charge in [-0.05, 0) is 65.0 Å². The van der Waals surface area contributed by atoms with Gasteiger partial charge in [0.25, 0.3) is 0 Å². The average Bonchev–Trinajstić information content (AvgIpc) is 2.84. The van der Waals surface area contributed by atoms with Crippen LogP contribution in [0.2, 0.25) is 0 Å². The molecule has 0 spiro atoms. The summed E-state index contributed by atoms with van der Waals surface area (Å²) in [6.45, 7) is 5.46. The third kappa shape index (κ3) is 5.85. The highest BCUT2D eigenvalue weighted by molar-refractivity contribution is 9.11. The molecule has 0 amide bonds. The first-order valence-corrected chi connectivity index (χ1v) is 9.66. The number of thiophene rings is 1. The summed E-state index contributed by atoms with van der Waals surface area (Å²) in [6, 6.07) is 13.4. The van der Waals surface area contributed by atoms with E-state index in [1.54, 1.807) is 0 Å². The van der Waals surface area contributed by atoms with E-state index in [1.807, 2.05) is 11.3 Å². The summed E-state index contributed by atoms with van der Waals surface area (Å²) in [7, 11) is 0. The van der Waals surface area contributed by atoms with E-state index in [1.165, 1.54) is 18.7 Å². The number of hydrogen-bond acceptors (Lipinski definition) is 2. The standard InChI is InChI=1S/C17H21Br2NS/c1-12(2)20-11-13(10-15-7-8-17(19)21-15)9-14-5-3-4-6-16(14)18/h3-8,12-13,20H,9-11H2,1-2H3. The van der Waals surface area contributed by atoms with Crippen LogP contribution < -0.4 is 5.32 Å². The van der Waals surface area contributed by atoms with Gasteiger partial charge in [0.2, 0.25) is 0 Å². The molecule has 2 aromatic rings. The van der Waals surface area contributed by atoms with E-state index in [0.29, 0.717) is 12.0 Å². The summed E-state index contributed by atoms with van der Waals surface area (Å²) < 4.78 is 2.43. The van der Waals surface area contributed by atoms with Crippen molar-refractivity contribution in [2.45, 2.75) is 32.7 Å². The molecule has 1 nitrogen and oxygen atoms in total. The second-order valence-corrected chi connectivity index (χ2v) is 9.04. The minimum Gasteiger partial charge on any atom is -0.314 e. The zero-order valence-electron chi connectivity index (χ0n) is 12.4. The van der Waals surface area contributed by atoms with Crippen LogP contribution in [0, 0.1) is 5.92 Å². The van der Waals surface area contributed by atoms with Crippen LogP contribution in [0.15, 0.2) is 44.7 Å². The van der Waals surface area contributed by atoms with Crippen LogP contribution >= 0.6 is 43.2 Å². The fraction of sp³-hybridized carbons (Fsp3) is 0.412. The highest BCUT2D eigenvalue weighted by Crippen LogP contribution is 2.27. The zero-order chi connectivity index (χ0) is 15.2. The summed E-state index contributed by atoms with van der Waals surface area (Å²) in [5, 5.41) is 3.59. The van der Waals surface area contributed by atoms with E-state index < -0.39 is 0 Å². The van der Waals surface area contributed by atoms with Crippen molar-refractivity contribution in [2.75, 3.05) is 6.54 Å². The van der Waals surface area contributed by atoms with Gasteiger partial charge in [-0.2, -0.15) is 0 Å². The molecule has 0 aliphatic rings. The Morgan fingerprint density at radius 3 is 2.43 bits per heavy atom. The van der Waals surface area contributed by atoms with E-state index in [4.69, 9.17) is 0 Å². The average molecular weight is 431 g/mol. The highest BCUT2D eigenvalue weighted by atomic mass is 79.9. The van der Waals surface area contributed by atoms with E-state index in [2.05, 4.69) is 87.4 Å². The molecule has 1 N–H and O–H groups in total. The Morgan fingerprint density at radius 1 is 1.05 bits per heavy atom. The molecule has 0 bridgehead atoms. The van der Waals surface area contributed by atoms with Crippen molar-refractivity contribution in [1.29, 1.82) is 0 Å². The monoisotopic (exact) mass is 429 g/mol. The first kappa shape index (κ1) is 17.2. The Hall–Kier alpha value is -0.160. The number of nitrogens with one attached hydrogen (secondary N) is 1. The van der Waals surface area contributed by atoms with E-state index in [9.17, 15) is 0 Å². The van der Waals surface area contributed by atoms with Crippen molar-refractivity contribution in [2.24, 2.45) is 5.92 Å². The lowest BCUT2D eigenvalue weighted by molar-refractivity contribution is 0.446. The van der Waals surface area contributed by atoms with Gasteiger partial charge in [0.15, 0.2) is 0 Å². The van der Waals surface area contributed by atoms with E-state index in [0.717, 1.165) is 19.4 Å². The molecule has 1 aromatic carbocycles. The fourth-order valence-corrected chi connectivity index (χ4v) is 4.38. The van der Waals surface area contributed by atoms with Gasteiger partial charge in [-0.1, -0.05) is 48.0 Å². The molecule has 0 aliphatic heterocycles. The largest absolute Gasteiger partial charge is 0.314 e. The van der Waals surface area contributed by atoms with Crippen LogP contribution in [0.3, 0.4) is 0 Å². The highest BCUT2D eigenvalue weighted by Gasteiger charge is 2.14. The lowest BCUT2D eigenvalue weighted by Crippen LogP contribution is -2.31. The van der Waals surface area contributed by atoms with Crippen LogP contribution in [0.5, 0.6) is 0 Å². The minimum atomic E-state index is 0.529. The lowest BCUT2D eigenvalue weighted by Gasteiger charge is -2.19. The second kappa shape index (κ2) is 8.47. The molecule has 0 saturated carbocycles. The predicted octanol–water partition coefficient (Wildman–Crippen LogP) is 5.67. The first-order chi connectivity index (χ1) is 10.0. The molecule has 1 aromatic heterocycles. The Labute approximate surface area is 148 Å². The molecular formula is C17H21Br2NS. The molecule has 114 valence electrons. The van der Waals surface area contributed by atoms with Gasteiger partial charge in [0.1, 0.15) is 0 Å². The third-order valence-electron chi connectivity index (χ3n) is 3.40. The molecule has 1 unspecified atom stereocenters. The SMILES string of the molecule is CC(C)NCC(Cc1ccc(Br)s1)Cc1ccccc1Br. The molecule has 0 aliphatic carbocycles. The van der Waals surface area contributed by atoms with Crippen LogP contribution in [-0.4, -0.2) is 12.6 Å². The van der Waals surface area contributed by atoms with Gasteiger partial charge in [-0.3, -0.25) is 0 Å². The first-order valence-electron chi connectivity index (χ1n) is 7.25. The third-order valence-corrected chi connectivity index (χ3v) is 5.82. The maximum Gasteiger partial charge on any atom is 0.0701 e. The topological polar surface area (TPSA) is 12.0 Å². The lowest BCUT2D eigenvalue weighted by atomic mass is 9.95. The van der Waals surface area contributed by atoms with Crippen LogP contribution in [0.25, 0.3) is 0 Å². The molecule has 2 rings (SSSR count). The van der Waals surface area contributed by atoms with Crippen molar-refractivity contribution >= 4 is 43.2 Å². The van der Waals surface area contributed by atoms with Crippen molar-refractivity contribution in [3.63, 3.8) is 0 Å². The molecule has 0 radical (unpaired) electrons. The van der Waals surface area contributed by atoms with Gasteiger partial charge >= 0.3 is 0 Å². The number of hydrogen-bond donors (Lipinski definition) is 1. The van der Waals surface area contributed by atoms with Gasteiger partial charge in [0, 0.05) is 15.4 Å². The Morgan fingerprint density at radius 2 is 1.81 bits per heavy atom.